The number of halogens is 1. The predicted octanol–water partition coefficient (Wildman–Crippen LogP) is 4.49. The molecule has 2 saturated carbocycles. The second-order valence-corrected chi connectivity index (χ2v) is 7.51. The Kier molecular flexibility index (Phi) is 3.85. The molecule has 2 aliphatic carbocycles. The SMILES string of the molecule is CC1(C)CCC(CNC2CC2)C(c2cccc(F)c2)C1. The van der Waals surface area contributed by atoms with Crippen molar-refractivity contribution < 1.29 is 4.39 Å². The molecule has 2 unspecified atom stereocenters. The van der Waals surface area contributed by atoms with E-state index in [4.69, 9.17) is 0 Å². The molecule has 1 aromatic carbocycles. The van der Waals surface area contributed by atoms with Crippen LogP contribution in [0.2, 0.25) is 0 Å². The predicted molar refractivity (Wildman–Crippen MR) is 81.3 cm³/mol. The summed E-state index contributed by atoms with van der Waals surface area (Å²) >= 11 is 0. The van der Waals surface area contributed by atoms with Crippen LogP contribution in [-0.4, -0.2) is 12.6 Å². The van der Waals surface area contributed by atoms with E-state index < -0.39 is 0 Å². The van der Waals surface area contributed by atoms with E-state index >= 15 is 0 Å². The van der Waals surface area contributed by atoms with Crippen molar-refractivity contribution in [3.63, 3.8) is 0 Å². The topological polar surface area (TPSA) is 12.0 Å². The molecule has 2 fully saturated rings. The monoisotopic (exact) mass is 275 g/mol. The smallest absolute Gasteiger partial charge is 0.123 e. The second kappa shape index (κ2) is 5.48. The molecule has 3 rings (SSSR count). The van der Waals surface area contributed by atoms with Gasteiger partial charge in [-0.1, -0.05) is 26.0 Å². The molecule has 0 spiro atoms. The van der Waals surface area contributed by atoms with Crippen molar-refractivity contribution in [1.29, 1.82) is 0 Å². The van der Waals surface area contributed by atoms with Crippen LogP contribution in [0.15, 0.2) is 24.3 Å². The first kappa shape index (κ1) is 14.1. The normalized spacial score (nSPS) is 29.4. The minimum atomic E-state index is -0.0974. The Balaban J connectivity index is 1.76. The lowest BCUT2D eigenvalue weighted by Gasteiger charge is -2.41. The van der Waals surface area contributed by atoms with E-state index in [-0.39, 0.29) is 5.82 Å². The van der Waals surface area contributed by atoms with Crippen LogP contribution in [0.1, 0.15) is 57.4 Å². The molecule has 2 heteroatoms. The molecule has 2 aliphatic rings. The minimum Gasteiger partial charge on any atom is -0.314 e. The quantitative estimate of drug-likeness (QED) is 0.854. The summed E-state index contributed by atoms with van der Waals surface area (Å²) in [6.45, 7) is 5.80. The fraction of sp³-hybridized carbons (Fsp3) is 0.667. The van der Waals surface area contributed by atoms with Crippen molar-refractivity contribution >= 4 is 0 Å². The van der Waals surface area contributed by atoms with Gasteiger partial charge in [0.1, 0.15) is 5.82 Å². The van der Waals surface area contributed by atoms with Crippen molar-refractivity contribution in [2.75, 3.05) is 6.54 Å². The number of rotatable bonds is 4. The van der Waals surface area contributed by atoms with Gasteiger partial charge in [-0.2, -0.15) is 0 Å². The Hall–Kier alpha value is -0.890. The molecule has 20 heavy (non-hydrogen) atoms. The molecule has 1 N–H and O–H groups in total. The van der Waals surface area contributed by atoms with Gasteiger partial charge in [0, 0.05) is 6.04 Å². The van der Waals surface area contributed by atoms with E-state index in [2.05, 4.69) is 25.2 Å². The summed E-state index contributed by atoms with van der Waals surface area (Å²) in [6, 6.07) is 8.03. The average Bonchev–Trinajstić information content (AvgIpc) is 3.21. The highest BCUT2D eigenvalue weighted by atomic mass is 19.1. The first-order valence-corrected chi connectivity index (χ1v) is 8.02. The van der Waals surface area contributed by atoms with Crippen LogP contribution in [0.4, 0.5) is 4.39 Å². The van der Waals surface area contributed by atoms with Crippen molar-refractivity contribution in [2.24, 2.45) is 11.3 Å². The molecule has 0 amide bonds. The summed E-state index contributed by atoms with van der Waals surface area (Å²) in [5.74, 6) is 1.06. The van der Waals surface area contributed by atoms with Gasteiger partial charge >= 0.3 is 0 Å². The van der Waals surface area contributed by atoms with Crippen LogP contribution in [0.3, 0.4) is 0 Å². The lowest BCUT2D eigenvalue weighted by atomic mass is 9.65. The molecule has 1 aromatic rings. The van der Waals surface area contributed by atoms with E-state index in [9.17, 15) is 4.39 Å². The molecule has 0 aliphatic heterocycles. The number of hydrogen-bond acceptors (Lipinski definition) is 1. The van der Waals surface area contributed by atoms with Crippen LogP contribution >= 0.6 is 0 Å². The van der Waals surface area contributed by atoms with Gasteiger partial charge in [0.15, 0.2) is 0 Å². The first-order chi connectivity index (χ1) is 9.53. The fourth-order valence-electron chi connectivity index (χ4n) is 3.62. The molecular weight excluding hydrogens is 249 g/mol. The van der Waals surface area contributed by atoms with Gasteiger partial charge in [-0.05, 0) is 73.6 Å². The highest BCUT2D eigenvalue weighted by Gasteiger charge is 2.36. The van der Waals surface area contributed by atoms with E-state index in [0.29, 0.717) is 17.3 Å². The highest BCUT2D eigenvalue weighted by Crippen LogP contribution is 2.46. The van der Waals surface area contributed by atoms with Gasteiger partial charge in [-0.25, -0.2) is 4.39 Å². The molecule has 110 valence electrons. The lowest BCUT2D eigenvalue weighted by molar-refractivity contribution is 0.159. The van der Waals surface area contributed by atoms with E-state index in [0.717, 1.165) is 12.6 Å². The molecular formula is C18H26FN. The Morgan fingerprint density at radius 3 is 2.75 bits per heavy atom. The van der Waals surface area contributed by atoms with Crippen molar-refractivity contribution in [3.05, 3.63) is 35.6 Å². The minimum absolute atomic E-state index is 0.0974. The van der Waals surface area contributed by atoms with Gasteiger partial charge in [0.2, 0.25) is 0 Å². The molecule has 0 aromatic heterocycles. The summed E-state index contributed by atoms with van der Waals surface area (Å²) in [5.41, 5.74) is 1.58. The summed E-state index contributed by atoms with van der Waals surface area (Å²) < 4.78 is 13.6. The molecule has 0 radical (unpaired) electrons. The van der Waals surface area contributed by atoms with Crippen molar-refractivity contribution in [2.45, 2.75) is 57.9 Å². The third-order valence-electron chi connectivity index (χ3n) is 5.06. The number of benzene rings is 1. The standard InChI is InChI=1S/C18H26FN/c1-18(2)9-8-14(12-20-16-6-7-16)17(11-18)13-4-3-5-15(19)10-13/h3-5,10,14,16-17,20H,6-9,11-12H2,1-2H3. The second-order valence-electron chi connectivity index (χ2n) is 7.51. The maximum Gasteiger partial charge on any atom is 0.123 e. The summed E-state index contributed by atoms with van der Waals surface area (Å²) in [7, 11) is 0. The van der Waals surface area contributed by atoms with Crippen molar-refractivity contribution in [1.82, 2.24) is 5.32 Å². The largest absolute Gasteiger partial charge is 0.314 e. The van der Waals surface area contributed by atoms with E-state index in [1.54, 1.807) is 12.1 Å². The fourth-order valence-corrected chi connectivity index (χ4v) is 3.62. The number of nitrogens with one attached hydrogen (secondary N) is 1. The Bertz CT molecular complexity index is 462. The third-order valence-corrected chi connectivity index (χ3v) is 5.06. The average molecular weight is 275 g/mol. The van der Waals surface area contributed by atoms with Crippen LogP contribution in [0.25, 0.3) is 0 Å². The Morgan fingerprint density at radius 1 is 1.25 bits per heavy atom. The Morgan fingerprint density at radius 2 is 2.05 bits per heavy atom. The van der Waals surface area contributed by atoms with E-state index in [1.165, 1.54) is 37.7 Å². The maximum atomic E-state index is 13.6. The van der Waals surface area contributed by atoms with Crippen LogP contribution in [0, 0.1) is 17.2 Å². The van der Waals surface area contributed by atoms with E-state index in [1.807, 2.05) is 6.07 Å². The zero-order chi connectivity index (χ0) is 14.2. The molecule has 1 nitrogen and oxygen atoms in total. The summed E-state index contributed by atoms with van der Waals surface area (Å²) in [6.07, 6.45) is 6.39. The maximum absolute atomic E-state index is 13.6. The summed E-state index contributed by atoms with van der Waals surface area (Å²) in [5, 5.41) is 3.67. The highest BCUT2D eigenvalue weighted by molar-refractivity contribution is 5.23. The van der Waals surface area contributed by atoms with Crippen molar-refractivity contribution in [3.8, 4) is 0 Å². The molecule has 0 bridgehead atoms. The van der Waals surface area contributed by atoms with Crippen LogP contribution < -0.4 is 5.32 Å². The van der Waals surface area contributed by atoms with Crippen LogP contribution in [-0.2, 0) is 0 Å². The summed E-state index contributed by atoms with van der Waals surface area (Å²) in [4.78, 5) is 0. The molecule has 0 heterocycles. The van der Waals surface area contributed by atoms with Gasteiger partial charge < -0.3 is 5.32 Å². The third kappa shape index (κ3) is 3.41. The van der Waals surface area contributed by atoms with Gasteiger partial charge in [0.25, 0.3) is 0 Å². The number of hydrogen-bond donors (Lipinski definition) is 1. The molecule has 2 atom stereocenters. The van der Waals surface area contributed by atoms with Crippen LogP contribution in [0.5, 0.6) is 0 Å². The Labute approximate surface area is 122 Å². The first-order valence-electron chi connectivity index (χ1n) is 8.02. The lowest BCUT2D eigenvalue weighted by Crippen LogP contribution is -2.35. The van der Waals surface area contributed by atoms with Gasteiger partial charge in [-0.3, -0.25) is 0 Å². The zero-order valence-corrected chi connectivity index (χ0v) is 12.7. The van der Waals surface area contributed by atoms with Gasteiger partial charge in [0.05, 0.1) is 0 Å². The molecule has 0 saturated heterocycles. The zero-order valence-electron chi connectivity index (χ0n) is 12.7. The van der Waals surface area contributed by atoms with Gasteiger partial charge in [-0.15, -0.1) is 0 Å².